The van der Waals surface area contributed by atoms with Crippen molar-refractivity contribution < 1.29 is 29.0 Å². The summed E-state index contributed by atoms with van der Waals surface area (Å²) in [5.41, 5.74) is -2.41. The molecule has 6 nitrogen and oxygen atoms in total. The summed E-state index contributed by atoms with van der Waals surface area (Å²) >= 11 is 0. The van der Waals surface area contributed by atoms with Gasteiger partial charge in [-0.2, -0.15) is 0 Å². The molecule has 0 radical (unpaired) electrons. The predicted octanol–water partition coefficient (Wildman–Crippen LogP) is 3.96. The molecule has 31 heavy (non-hydrogen) atoms. The van der Waals surface area contributed by atoms with Crippen LogP contribution in [-0.4, -0.2) is 39.6 Å². The number of hydrogen-bond acceptors (Lipinski definition) is 6. The third kappa shape index (κ3) is 6.76. The van der Waals surface area contributed by atoms with E-state index in [4.69, 9.17) is 9.47 Å². The van der Waals surface area contributed by atoms with Gasteiger partial charge in [-0.25, -0.2) is 0 Å². The van der Waals surface area contributed by atoms with Crippen molar-refractivity contribution in [3.8, 4) is 0 Å². The number of hydrogen-bond donors (Lipinski definition) is 1. The number of aliphatic hydroxyl groups is 1. The summed E-state index contributed by atoms with van der Waals surface area (Å²) in [6.07, 6.45) is 3.05. The Labute approximate surface area is 184 Å². The maximum Gasteiger partial charge on any atom is 0.317 e. The van der Waals surface area contributed by atoms with Crippen LogP contribution >= 0.6 is 0 Å². The lowest BCUT2D eigenvalue weighted by Gasteiger charge is -2.43. The third-order valence-electron chi connectivity index (χ3n) is 4.95. The lowest BCUT2D eigenvalue weighted by atomic mass is 9.63. The molecular formula is C25H34O6. The topological polar surface area (TPSA) is 89.9 Å². The van der Waals surface area contributed by atoms with Crippen LogP contribution in [0.1, 0.15) is 60.5 Å². The van der Waals surface area contributed by atoms with Crippen LogP contribution in [0.5, 0.6) is 0 Å². The number of ether oxygens (including phenoxy) is 2. The molecule has 1 aliphatic carbocycles. The first-order chi connectivity index (χ1) is 14.1. The quantitative estimate of drug-likeness (QED) is 0.575. The van der Waals surface area contributed by atoms with E-state index in [-0.39, 0.29) is 6.42 Å². The van der Waals surface area contributed by atoms with Crippen LogP contribution < -0.4 is 0 Å². The first kappa shape index (κ1) is 24.8. The van der Waals surface area contributed by atoms with Gasteiger partial charge < -0.3 is 14.6 Å². The van der Waals surface area contributed by atoms with Gasteiger partial charge in [-0.3, -0.25) is 14.4 Å². The van der Waals surface area contributed by atoms with Crippen molar-refractivity contribution in [3.63, 3.8) is 0 Å². The van der Waals surface area contributed by atoms with Crippen molar-refractivity contribution in [2.24, 2.45) is 17.8 Å². The second-order valence-electron chi connectivity index (χ2n) is 10.4. The van der Waals surface area contributed by atoms with Crippen molar-refractivity contribution in [2.75, 3.05) is 0 Å². The zero-order valence-electron chi connectivity index (χ0n) is 19.5. The fourth-order valence-corrected chi connectivity index (χ4v) is 3.83. The summed E-state index contributed by atoms with van der Waals surface area (Å²) in [6.45, 7) is 11.8. The number of benzene rings is 1. The second kappa shape index (κ2) is 8.95. The molecule has 1 aromatic rings. The van der Waals surface area contributed by atoms with Gasteiger partial charge in [0.25, 0.3) is 0 Å². The van der Waals surface area contributed by atoms with E-state index in [9.17, 15) is 19.5 Å². The van der Waals surface area contributed by atoms with Gasteiger partial charge in [-0.05, 0) is 54.0 Å². The normalized spacial score (nSPS) is 27.2. The molecule has 0 heterocycles. The summed E-state index contributed by atoms with van der Waals surface area (Å²) < 4.78 is 11.1. The Kier molecular flexibility index (Phi) is 7.16. The van der Waals surface area contributed by atoms with E-state index in [0.717, 1.165) is 5.56 Å². The molecule has 170 valence electrons. The highest BCUT2D eigenvalue weighted by molar-refractivity contribution is 6.02. The molecule has 0 aromatic heterocycles. The third-order valence-corrected chi connectivity index (χ3v) is 4.95. The Morgan fingerprint density at radius 1 is 1.00 bits per heavy atom. The van der Waals surface area contributed by atoms with E-state index in [0.29, 0.717) is 0 Å². The molecule has 1 saturated carbocycles. The van der Waals surface area contributed by atoms with E-state index in [1.165, 1.54) is 6.92 Å². The van der Waals surface area contributed by atoms with Gasteiger partial charge in [-0.15, -0.1) is 0 Å². The SMILES string of the molecule is CC(C)(C)OC(=O)[C@H]1C(=O)C[C@](C)(O)[C@@H](C(=O)OC(C)(C)C)[C@H]1/C=C/c1ccccc1. The maximum absolute atomic E-state index is 13.1. The van der Waals surface area contributed by atoms with Crippen LogP contribution in [0.3, 0.4) is 0 Å². The maximum atomic E-state index is 13.1. The highest BCUT2D eigenvalue weighted by atomic mass is 16.6. The van der Waals surface area contributed by atoms with E-state index in [1.807, 2.05) is 30.3 Å². The van der Waals surface area contributed by atoms with Crippen LogP contribution in [0.25, 0.3) is 6.08 Å². The molecule has 4 atom stereocenters. The fourth-order valence-electron chi connectivity index (χ4n) is 3.83. The zero-order chi connectivity index (χ0) is 23.6. The van der Waals surface area contributed by atoms with Crippen LogP contribution in [0.15, 0.2) is 36.4 Å². The van der Waals surface area contributed by atoms with Crippen LogP contribution in [0.2, 0.25) is 0 Å². The summed E-state index contributed by atoms with van der Waals surface area (Å²) in [6, 6.07) is 9.32. The molecule has 0 bridgehead atoms. The van der Waals surface area contributed by atoms with Gasteiger partial charge in [0.05, 0.1) is 11.5 Å². The average molecular weight is 431 g/mol. The number of allylic oxidation sites excluding steroid dienone is 1. The van der Waals surface area contributed by atoms with Gasteiger partial charge in [0.2, 0.25) is 0 Å². The monoisotopic (exact) mass is 430 g/mol. The lowest BCUT2D eigenvalue weighted by molar-refractivity contribution is -0.184. The number of esters is 2. The zero-order valence-corrected chi connectivity index (χ0v) is 19.5. The van der Waals surface area contributed by atoms with Gasteiger partial charge in [0.15, 0.2) is 5.78 Å². The van der Waals surface area contributed by atoms with E-state index >= 15 is 0 Å². The summed E-state index contributed by atoms with van der Waals surface area (Å²) in [5, 5.41) is 11.1. The van der Waals surface area contributed by atoms with Crippen molar-refractivity contribution in [1.82, 2.24) is 0 Å². The smallest absolute Gasteiger partial charge is 0.317 e. The molecular weight excluding hydrogens is 396 g/mol. The van der Waals surface area contributed by atoms with Crippen LogP contribution in [-0.2, 0) is 23.9 Å². The molecule has 1 aromatic carbocycles. The van der Waals surface area contributed by atoms with Gasteiger partial charge in [0, 0.05) is 12.3 Å². The van der Waals surface area contributed by atoms with E-state index in [2.05, 4.69) is 0 Å². The summed E-state index contributed by atoms with van der Waals surface area (Å²) in [7, 11) is 0. The highest BCUT2D eigenvalue weighted by Gasteiger charge is 2.56. The van der Waals surface area contributed by atoms with Crippen molar-refractivity contribution in [1.29, 1.82) is 0 Å². The van der Waals surface area contributed by atoms with Crippen molar-refractivity contribution in [2.45, 2.75) is 71.7 Å². The molecule has 0 amide bonds. The molecule has 1 N–H and O–H groups in total. The van der Waals surface area contributed by atoms with Crippen molar-refractivity contribution >= 4 is 23.8 Å². The fraction of sp³-hybridized carbons (Fsp3) is 0.560. The number of ketones is 1. The molecule has 0 spiro atoms. The van der Waals surface area contributed by atoms with Crippen LogP contribution in [0, 0.1) is 17.8 Å². The van der Waals surface area contributed by atoms with E-state index < -0.39 is 52.3 Å². The Balaban J connectivity index is 2.54. The van der Waals surface area contributed by atoms with E-state index in [1.54, 1.807) is 53.7 Å². The second-order valence-corrected chi connectivity index (χ2v) is 10.4. The molecule has 0 saturated heterocycles. The molecule has 1 fully saturated rings. The number of carbonyl (C=O) groups is 3. The minimum atomic E-state index is -1.66. The minimum Gasteiger partial charge on any atom is -0.460 e. The molecule has 0 unspecified atom stereocenters. The number of Topliss-reactive ketones (excluding diaryl/α,β-unsaturated/α-hetero) is 1. The largest absolute Gasteiger partial charge is 0.460 e. The number of rotatable bonds is 4. The predicted molar refractivity (Wildman–Crippen MR) is 118 cm³/mol. The van der Waals surface area contributed by atoms with Gasteiger partial charge in [0.1, 0.15) is 17.1 Å². The molecule has 2 rings (SSSR count). The summed E-state index contributed by atoms with van der Waals surface area (Å²) in [4.78, 5) is 39.1. The average Bonchev–Trinajstić information content (AvgIpc) is 2.56. The first-order valence-corrected chi connectivity index (χ1v) is 10.5. The standard InChI is InChI=1S/C25H34O6/c1-23(2,3)30-21(27)19-17(14-13-16-11-9-8-10-12-16)20(22(28)31-24(4,5)6)25(7,29)15-18(19)26/h8-14,17,19-20,29H,15H2,1-7H3/b14-13+/t17-,19+,20+,25-/m0/s1. The minimum absolute atomic E-state index is 0.337. The van der Waals surface area contributed by atoms with Gasteiger partial charge in [-0.1, -0.05) is 42.5 Å². The molecule has 0 aliphatic heterocycles. The van der Waals surface area contributed by atoms with Crippen LogP contribution in [0.4, 0.5) is 0 Å². The van der Waals surface area contributed by atoms with Gasteiger partial charge >= 0.3 is 11.9 Å². The highest BCUT2D eigenvalue weighted by Crippen LogP contribution is 2.43. The number of carbonyl (C=O) groups excluding carboxylic acids is 3. The lowest BCUT2D eigenvalue weighted by Crippen LogP contribution is -2.57. The Bertz CT molecular complexity index is 839. The Hall–Kier alpha value is -2.47. The molecule has 6 heteroatoms. The Morgan fingerprint density at radius 2 is 1.52 bits per heavy atom. The Morgan fingerprint density at radius 3 is 2.03 bits per heavy atom. The van der Waals surface area contributed by atoms with Crippen molar-refractivity contribution in [3.05, 3.63) is 42.0 Å². The first-order valence-electron chi connectivity index (χ1n) is 10.5. The molecule has 1 aliphatic rings. The summed E-state index contributed by atoms with van der Waals surface area (Å²) in [5.74, 6) is -5.05.